The lowest BCUT2D eigenvalue weighted by atomic mass is 10.2. The molecule has 0 aliphatic carbocycles. The predicted octanol–water partition coefficient (Wildman–Crippen LogP) is 2.55. The SMILES string of the molecule is CCOc1ccccc1CNC(=O)NCc1ccnc(N(C)C)c1. The van der Waals surface area contributed by atoms with E-state index >= 15 is 0 Å². The molecular weight excluding hydrogens is 304 g/mol. The van der Waals surface area contributed by atoms with Crippen LogP contribution in [0.5, 0.6) is 5.75 Å². The van der Waals surface area contributed by atoms with Crippen LogP contribution in [0.25, 0.3) is 0 Å². The molecule has 2 rings (SSSR count). The van der Waals surface area contributed by atoms with E-state index in [1.807, 2.05) is 62.3 Å². The number of urea groups is 1. The fourth-order valence-corrected chi connectivity index (χ4v) is 2.18. The van der Waals surface area contributed by atoms with Crippen molar-refractivity contribution in [1.82, 2.24) is 15.6 Å². The van der Waals surface area contributed by atoms with E-state index in [0.717, 1.165) is 22.7 Å². The number of amides is 2. The first-order chi connectivity index (χ1) is 11.6. The zero-order valence-electron chi connectivity index (χ0n) is 14.4. The van der Waals surface area contributed by atoms with Crippen LogP contribution in [-0.2, 0) is 13.1 Å². The molecule has 1 aromatic heterocycles. The molecule has 0 unspecified atom stereocenters. The Hall–Kier alpha value is -2.76. The number of aromatic nitrogens is 1. The molecule has 0 aliphatic heterocycles. The molecule has 0 atom stereocenters. The molecule has 128 valence electrons. The van der Waals surface area contributed by atoms with Crippen LogP contribution in [0.15, 0.2) is 42.6 Å². The van der Waals surface area contributed by atoms with E-state index in [1.54, 1.807) is 6.20 Å². The summed E-state index contributed by atoms with van der Waals surface area (Å²) in [6, 6.07) is 11.3. The van der Waals surface area contributed by atoms with Crippen LogP contribution >= 0.6 is 0 Å². The van der Waals surface area contributed by atoms with Gasteiger partial charge in [0.1, 0.15) is 11.6 Å². The summed E-state index contributed by atoms with van der Waals surface area (Å²) in [7, 11) is 3.87. The van der Waals surface area contributed by atoms with Crippen LogP contribution in [-0.4, -0.2) is 31.7 Å². The van der Waals surface area contributed by atoms with Gasteiger partial charge < -0.3 is 20.3 Å². The quantitative estimate of drug-likeness (QED) is 0.820. The fourth-order valence-electron chi connectivity index (χ4n) is 2.18. The number of nitrogens with zero attached hydrogens (tertiary/aromatic N) is 2. The molecule has 24 heavy (non-hydrogen) atoms. The van der Waals surface area contributed by atoms with Gasteiger partial charge in [-0.25, -0.2) is 9.78 Å². The van der Waals surface area contributed by atoms with Gasteiger partial charge in [-0.3, -0.25) is 0 Å². The lowest BCUT2D eigenvalue weighted by molar-refractivity contribution is 0.240. The summed E-state index contributed by atoms with van der Waals surface area (Å²) in [5.41, 5.74) is 1.95. The number of nitrogens with one attached hydrogen (secondary N) is 2. The molecule has 2 aromatic rings. The van der Waals surface area contributed by atoms with Gasteiger partial charge in [0.15, 0.2) is 0 Å². The van der Waals surface area contributed by atoms with Crippen molar-refractivity contribution in [3.05, 3.63) is 53.7 Å². The first-order valence-electron chi connectivity index (χ1n) is 7.94. The molecule has 6 nitrogen and oxygen atoms in total. The Kier molecular flexibility index (Phi) is 6.42. The first-order valence-corrected chi connectivity index (χ1v) is 7.94. The van der Waals surface area contributed by atoms with Gasteiger partial charge in [-0.1, -0.05) is 18.2 Å². The van der Waals surface area contributed by atoms with Gasteiger partial charge in [-0.05, 0) is 30.7 Å². The van der Waals surface area contributed by atoms with Crippen molar-refractivity contribution in [2.45, 2.75) is 20.0 Å². The lowest BCUT2D eigenvalue weighted by Crippen LogP contribution is -2.34. The molecule has 0 saturated heterocycles. The van der Waals surface area contributed by atoms with Gasteiger partial charge >= 0.3 is 6.03 Å². The minimum absolute atomic E-state index is 0.218. The van der Waals surface area contributed by atoms with Crippen LogP contribution in [0.1, 0.15) is 18.1 Å². The van der Waals surface area contributed by atoms with Gasteiger partial charge in [0.05, 0.1) is 6.61 Å². The molecular formula is C18H24N4O2. The van der Waals surface area contributed by atoms with Crippen LogP contribution in [0, 0.1) is 0 Å². The van der Waals surface area contributed by atoms with Crippen molar-refractivity contribution in [3.63, 3.8) is 0 Å². The smallest absolute Gasteiger partial charge is 0.315 e. The van der Waals surface area contributed by atoms with Gasteiger partial charge in [0.25, 0.3) is 0 Å². The third-order valence-corrected chi connectivity index (χ3v) is 3.43. The van der Waals surface area contributed by atoms with Crippen molar-refractivity contribution < 1.29 is 9.53 Å². The summed E-state index contributed by atoms with van der Waals surface area (Å²) < 4.78 is 5.55. The monoisotopic (exact) mass is 328 g/mol. The van der Waals surface area contributed by atoms with E-state index in [9.17, 15) is 4.79 Å². The number of pyridine rings is 1. The van der Waals surface area contributed by atoms with Crippen molar-refractivity contribution >= 4 is 11.8 Å². The standard InChI is InChI=1S/C18H24N4O2/c1-4-24-16-8-6-5-7-15(16)13-21-18(23)20-12-14-9-10-19-17(11-14)22(2)3/h5-11H,4,12-13H2,1-3H3,(H2,20,21,23). The number of carbonyl (C=O) groups excluding carboxylic acids is 1. The Labute approximate surface area is 142 Å². The normalized spacial score (nSPS) is 10.1. The van der Waals surface area contributed by atoms with Crippen LogP contribution < -0.4 is 20.3 Å². The Bertz CT molecular complexity index is 674. The largest absolute Gasteiger partial charge is 0.494 e. The van der Waals surface area contributed by atoms with E-state index in [2.05, 4.69) is 15.6 Å². The summed E-state index contributed by atoms with van der Waals surface area (Å²) in [5, 5.41) is 5.70. The highest BCUT2D eigenvalue weighted by Gasteiger charge is 2.06. The van der Waals surface area contributed by atoms with Crippen molar-refractivity contribution in [3.8, 4) is 5.75 Å². The number of anilines is 1. The first kappa shape index (κ1) is 17.6. The highest BCUT2D eigenvalue weighted by Crippen LogP contribution is 2.17. The Morgan fingerprint density at radius 1 is 1.17 bits per heavy atom. The molecule has 0 fully saturated rings. The van der Waals surface area contributed by atoms with E-state index in [4.69, 9.17) is 4.74 Å². The second-order valence-corrected chi connectivity index (χ2v) is 5.49. The maximum absolute atomic E-state index is 12.0. The molecule has 1 aromatic carbocycles. The molecule has 0 saturated carbocycles. The summed E-state index contributed by atoms with van der Waals surface area (Å²) in [6.45, 7) is 3.40. The second kappa shape index (κ2) is 8.76. The minimum Gasteiger partial charge on any atom is -0.494 e. The molecule has 2 amide bonds. The van der Waals surface area contributed by atoms with Gasteiger partial charge in [0.2, 0.25) is 0 Å². The number of para-hydroxylation sites is 1. The number of hydrogen-bond acceptors (Lipinski definition) is 4. The summed E-state index contributed by atoms with van der Waals surface area (Å²) in [4.78, 5) is 18.2. The number of ether oxygens (including phenoxy) is 1. The van der Waals surface area contributed by atoms with Crippen LogP contribution in [0.2, 0.25) is 0 Å². The van der Waals surface area contributed by atoms with Gasteiger partial charge in [-0.2, -0.15) is 0 Å². The van der Waals surface area contributed by atoms with Gasteiger partial charge in [-0.15, -0.1) is 0 Å². The molecule has 0 radical (unpaired) electrons. The average molecular weight is 328 g/mol. The predicted molar refractivity (Wildman–Crippen MR) is 95.3 cm³/mol. The third kappa shape index (κ3) is 5.15. The minimum atomic E-state index is -0.218. The van der Waals surface area contributed by atoms with E-state index < -0.39 is 0 Å². The van der Waals surface area contributed by atoms with Crippen molar-refractivity contribution in [2.75, 3.05) is 25.6 Å². The Balaban J connectivity index is 1.85. The topological polar surface area (TPSA) is 66.5 Å². The second-order valence-electron chi connectivity index (χ2n) is 5.49. The number of benzene rings is 1. The molecule has 0 aliphatic rings. The van der Waals surface area contributed by atoms with Gasteiger partial charge in [0, 0.05) is 38.9 Å². The summed E-state index contributed by atoms with van der Waals surface area (Å²) in [5.74, 6) is 1.66. The fraction of sp³-hybridized carbons (Fsp3) is 0.333. The van der Waals surface area contributed by atoms with E-state index in [-0.39, 0.29) is 6.03 Å². The zero-order valence-corrected chi connectivity index (χ0v) is 14.4. The Morgan fingerprint density at radius 3 is 2.67 bits per heavy atom. The molecule has 0 spiro atoms. The summed E-state index contributed by atoms with van der Waals surface area (Å²) >= 11 is 0. The van der Waals surface area contributed by atoms with E-state index in [0.29, 0.717) is 19.7 Å². The van der Waals surface area contributed by atoms with E-state index in [1.165, 1.54) is 0 Å². The van der Waals surface area contributed by atoms with Crippen LogP contribution in [0.3, 0.4) is 0 Å². The molecule has 2 N–H and O–H groups in total. The highest BCUT2D eigenvalue weighted by atomic mass is 16.5. The molecule has 6 heteroatoms. The third-order valence-electron chi connectivity index (χ3n) is 3.43. The van der Waals surface area contributed by atoms with Crippen LogP contribution in [0.4, 0.5) is 10.6 Å². The summed E-state index contributed by atoms with van der Waals surface area (Å²) in [6.07, 6.45) is 1.74. The lowest BCUT2D eigenvalue weighted by Gasteiger charge is -2.13. The maximum atomic E-state index is 12.0. The molecule has 0 bridgehead atoms. The number of hydrogen-bond donors (Lipinski definition) is 2. The number of rotatable bonds is 7. The number of carbonyl (C=O) groups is 1. The average Bonchev–Trinajstić information content (AvgIpc) is 2.59. The molecule has 1 heterocycles. The maximum Gasteiger partial charge on any atom is 0.315 e. The zero-order chi connectivity index (χ0) is 17.4. The van der Waals surface area contributed by atoms with Crippen molar-refractivity contribution in [2.24, 2.45) is 0 Å². The van der Waals surface area contributed by atoms with Crippen molar-refractivity contribution in [1.29, 1.82) is 0 Å². The Morgan fingerprint density at radius 2 is 1.92 bits per heavy atom. The highest BCUT2D eigenvalue weighted by molar-refractivity contribution is 5.74.